The average molecular weight is 330 g/mol. The third-order valence-electron chi connectivity index (χ3n) is 6.17. The monoisotopic (exact) mass is 330 g/mol. The minimum atomic E-state index is 0.0923. The van der Waals surface area contributed by atoms with Crippen molar-refractivity contribution in [3.63, 3.8) is 0 Å². The fourth-order valence-corrected chi connectivity index (χ4v) is 4.65. The Morgan fingerprint density at radius 2 is 1.92 bits per heavy atom. The summed E-state index contributed by atoms with van der Waals surface area (Å²) in [5.41, 5.74) is 1.28. The van der Waals surface area contributed by atoms with E-state index in [-0.39, 0.29) is 11.7 Å². The van der Waals surface area contributed by atoms with Crippen molar-refractivity contribution in [1.29, 1.82) is 0 Å². The fraction of sp³-hybridized carbons (Fsp3) is 0.750. The molecule has 3 aliphatic rings. The van der Waals surface area contributed by atoms with E-state index >= 15 is 0 Å². The van der Waals surface area contributed by atoms with Gasteiger partial charge in [-0.2, -0.15) is 0 Å². The van der Waals surface area contributed by atoms with Crippen molar-refractivity contribution < 1.29 is 9.47 Å². The molecular formula is C20H30N2O2. The highest BCUT2D eigenvalue weighted by molar-refractivity contribution is 5.08. The SMILES string of the molecule is c1cc(CO[C@@H]2COC3(CCN(CC4CCCC4)CC3)C2)ccn1. The van der Waals surface area contributed by atoms with Crippen LogP contribution < -0.4 is 0 Å². The molecule has 0 bridgehead atoms. The normalized spacial score (nSPS) is 27.9. The van der Waals surface area contributed by atoms with Crippen molar-refractivity contribution in [2.24, 2.45) is 5.92 Å². The molecule has 0 aromatic carbocycles. The summed E-state index contributed by atoms with van der Waals surface area (Å²) in [4.78, 5) is 6.73. The predicted octanol–water partition coefficient (Wildman–Crippen LogP) is 3.41. The van der Waals surface area contributed by atoms with Crippen molar-refractivity contribution in [3.8, 4) is 0 Å². The first-order valence-electron chi connectivity index (χ1n) is 9.68. The highest BCUT2D eigenvalue weighted by atomic mass is 16.6. The van der Waals surface area contributed by atoms with E-state index in [1.807, 2.05) is 24.5 Å². The lowest BCUT2D eigenvalue weighted by molar-refractivity contribution is -0.0473. The van der Waals surface area contributed by atoms with Crippen LogP contribution in [-0.2, 0) is 16.1 Å². The summed E-state index contributed by atoms with van der Waals surface area (Å²) in [6, 6.07) is 4.04. The quantitative estimate of drug-likeness (QED) is 0.829. The topological polar surface area (TPSA) is 34.6 Å². The van der Waals surface area contributed by atoms with Crippen LogP contribution in [0.25, 0.3) is 0 Å². The van der Waals surface area contributed by atoms with Gasteiger partial charge in [0.05, 0.1) is 24.9 Å². The van der Waals surface area contributed by atoms with Gasteiger partial charge in [0.2, 0.25) is 0 Å². The van der Waals surface area contributed by atoms with Gasteiger partial charge in [-0.15, -0.1) is 0 Å². The molecule has 24 heavy (non-hydrogen) atoms. The molecule has 0 N–H and O–H groups in total. The van der Waals surface area contributed by atoms with Crippen molar-refractivity contribution in [2.75, 3.05) is 26.2 Å². The molecule has 2 aliphatic heterocycles. The van der Waals surface area contributed by atoms with E-state index in [9.17, 15) is 0 Å². The zero-order valence-electron chi connectivity index (χ0n) is 14.7. The molecule has 1 saturated carbocycles. The Morgan fingerprint density at radius 1 is 1.17 bits per heavy atom. The molecular weight excluding hydrogens is 300 g/mol. The Kier molecular flexibility index (Phi) is 5.16. The summed E-state index contributed by atoms with van der Waals surface area (Å²) in [5.74, 6) is 0.958. The van der Waals surface area contributed by atoms with Gasteiger partial charge >= 0.3 is 0 Å². The second kappa shape index (κ2) is 7.51. The highest BCUT2D eigenvalue weighted by Crippen LogP contribution is 2.38. The van der Waals surface area contributed by atoms with Gasteiger partial charge in [0.1, 0.15) is 0 Å². The highest BCUT2D eigenvalue weighted by Gasteiger charge is 2.43. The maximum Gasteiger partial charge on any atom is 0.0840 e. The molecule has 1 spiro atoms. The molecule has 0 unspecified atom stereocenters. The van der Waals surface area contributed by atoms with E-state index in [4.69, 9.17) is 9.47 Å². The minimum Gasteiger partial charge on any atom is -0.372 e. The lowest BCUT2D eigenvalue weighted by atomic mass is 9.87. The molecule has 132 valence electrons. The van der Waals surface area contributed by atoms with Gasteiger partial charge in [-0.05, 0) is 49.3 Å². The van der Waals surface area contributed by atoms with Crippen LogP contribution in [0.2, 0.25) is 0 Å². The number of ether oxygens (including phenoxy) is 2. The molecule has 1 aromatic rings. The van der Waals surface area contributed by atoms with E-state index in [1.54, 1.807) is 0 Å². The second-order valence-electron chi connectivity index (χ2n) is 7.94. The van der Waals surface area contributed by atoms with Crippen LogP contribution in [0.1, 0.15) is 50.5 Å². The number of hydrogen-bond acceptors (Lipinski definition) is 4. The zero-order chi connectivity index (χ0) is 16.2. The lowest BCUT2D eigenvalue weighted by Crippen LogP contribution is -2.45. The van der Waals surface area contributed by atoms with Crippen LogP contribution in [0.3, 0.4) is 0 Å². The maximum absolute atomic E-state index is 6.24. The van der Waals surface area contributed by atoms with E-state index in [0.29, 0.717) is 6.61 Å². The summed E-state index contributed by atoms with van der Waals surface area (Å²) < 4.78 is 12.3. The first-order valence-corrected chi connectivity index (χ1v) is 9.68. The van der Waals surface area contributed by atoms with E-state index in [1.165, 1.54) is 63.7 Å². The van der Waals surface area contributed by atoms with E-state index in [2.05, 4.69) is 9.88 Å². The molecule has 4 nitrogen and oxygen atoms in total. The Hall–Kier alpha value is -0.970. The van der Waals surface area contributed by atoms with Crippen molar-refractivity contribution in [2.45, 2.75) is 63.3 Å². The summed E-state index contributed by atoms with van der Waals surface area (Å²) in [5, 5.41) is 0. The van der Waals surface area contributed by atoms with Crippen LogP contribution in [0, 0.1) is 5.92 Å². The van der Waals surface area contributed by atoms with Crippen LogP contribution in [0.15, 0.2) is 24.5 Å². The maximum atomic E-state index is 6.24. The largest absolute Gasteiger partial charge is 0.372 e. The average Bonchev–Trinajstić information content (AvgIpc) is 3.27. The molecule has 3 heterocycles. The van der Waals surface area contributed by atoms with Crippen LogP contribution >= 0.6 is 0 Å². The van der Waals surface area contributed by atoms with Crippen molar-refractivity contribution >= 4 is 0 Å². The number of nitrogens with zero attached hydrogens (tertiary/aromatic N) is 2. The van der Waals surface area contributed by atoms with Gasteiger partial charge < -0.3 is 14.4 Å². The molecule has 4 heteroatoms. The van der Waals surface area contributed by atoms with Crippen LogP contribution in [-0.4, -0.2) is 47.8 Å². The Morgan fingerprint density at radius 3 is 2.67 bits per heavy atom. The number of likely N-dealkylation sites (tertiary alicyclic amines) is 1. The number of piperidine rings is 1. The summed E-state index contributed by atoms with van der Waals surface area (Å²) in [6.07, 6.45) is 13.1. The molecule has 0 amide bonds. The van der Waals surface area contributed by atoms with Gasteiger partial charge in [-0.3, -0.25) is 4.98 Å². The van der Waals surface area contributed by atoms with Gasteiger partial charge in [-0.25, -0.2) is 0 Å². The van der Waals surface area contributed by atoms with Gasteiger partial charge in [0, 0.05) is 38.4 Å². The standard InChI is InChI=1S/C20H30N2O2/c1-2-4-17(3-1)14-22-11-7-20(8-12-22)13-19(16-24-20)23-15-18-5-9-21-10-6-18/h5-6,9-10,17,19H,1-4,7-8,11-16H2/t19-/m0/s1. The molecule has 1 aliphatic carbocycles. The molecule has 1 atom stereocenters. The van der Waals surface area contributed by atoms with Gasteiger partial charge in [0.15, 0.2) is 0 Å². The number of rotatable bonds is 5. The Bertz CT molecular complexity index is 508. The van der Waals surface area contributed by atoms with Crippen molar-refractivity contribution in [1.82, 2.24) is 9.88 Å². The molecule has 0 radical (unpaired) electrons. The van der Waals surface area contributed by atoms with Gasteiger partial charge in [-0.1, -0.05) is 12.8 Å². The smallest absolute Gasteiger partial charge is 0.0840 e. The van der Waals surface area contributed by atoms with Crippen LogP contribution in [0.5, 0.6) is 0 Å². The third kappa shape index (κ3) is 3.98. The van der Waals surface area contributed by atoms with Crippen molar-refractivity contribution in [3.05, 3.63) is 30.1 Å². The first-order chi connectivity index (χ1) is 11.8. The molecule has 3 fully saturated rings. The van der Waals surface area contributed by atoms with Crippen LogP contribution in [0.4, 0.5) is 0 Å². The van der Waals surface area contributed by atoms with E-state index in [0.717, 1.165) is 18.9 Å². The first kappa shape index (κ1) is 16.5. The number of aromatic nitrogens is 1. The van der Waals surface area contributed by atoms with E-state index < -0.39 is 0 Å². The minimum absolute atomic E-state index is 0.0923. The predicted molar refractivity (Wildman–Crippen MR) is 93.7 cm³/mol. The third-order valence-corrected chi connectivity index (χ3v) is 6.17. The summed E-state index contributed by atoms with van der Waals surface area (Å²) in [6.45, 7) is 5.15. The number of hydrogen-bond donors (Lipinski definition) is 0. The van der Waals surface area contributed by atoms with Gasteiger partial charge in [0.25, 0.3) is 0 Å². The Balaban J connectivity index is 1.21. The second-order valence-corrected chi connectivity index (χ2v) is 7.94. The lowest BCUT2D eigenvalue weighted by Gasteiger charge is -2.39. The molecule has 4 rings (SSSR count). The summed E-state index contributed by atoms with van der Waals surface area (Å²) >= 11 is 0. The molecule has 1 aromatic heterocycles. The zero-order valence-corrected chi connectivity index (χ0v) is 14.7. The Labute approximate surface area is 145 Å². The summed E-state index contributed by atoms with van der Waals surface area (Å²) in [7, 11) is 0. The molecule has 2 saturated heterocycles. The fourth-order valence-electron chi connectivity index (χ4n) is 4.65. The number of pyridine rings is 1.